The summed E-state index contributed by atoms with van der Waals surface area (Å²) in [6, 6.07) is 23.9. The molecule has 0 radical (unpaired) electrons. The number of hydrogen-bond acceptors (Lipinski definition) is 4. The van der Waals surface area contributed by atoms with Gasteiger partial charge < -0.3 is 14.8 Å². The van der Waals surface area contributed by atoms with Crippen LogP contribution in [-0.2, 0) is 13.0 Å². The van der Waals surface area contributed by atoms with Crippen molar-refractivity contribution in [3.05, 3.63) is 95.1 Å². The van der Waals surface area contributed by atoms with Crippen LogP contribution in [0.5, 0.6) is 11.5 Å². The van der Waals surface area contributed by atoms with E-state index >= 15 is 0 Å². The molecule has 1 aliphatic heterocycles. The van der Waals surface area contributed by atoms with Crippen LogP contribution in [0.4, 0.5) is 0 Å². The lowest BCUT2D eigenvalue weighted by atomic mass is 9.87. The topological polar surface area (TPSA) is 50.8 Å². The van der Waals surface area contributed by atoms with Crippen LogP contribution in [-0.4, -0.2) is 37.6 Å². The Hall–Kier alpha value is -3.31. The third-order valence-electron chi connectivity index (χ3n) is 6.12. The van der Waals surface area contributed by atoms with Crippen LogP contribution >= 0.6 is 0 Å². The summed E-state index contributed by atoms with van der Waals surface area (Å²) >= 11 is 0. The first-order valence-electron chi connectivity index (χ1n) is 11.0. The Labute approximate surface area is 190 Å². The minimum Gasteiger partial charge on any atom is -0.493 e. The number of fused-ring (bicyclic) bond motifs is 1. The molecule has 5 heteroatoms. The molecule has 1 heterocycles. The first-order valence-corrected chi connectivity index (χ1v) is 11.0. The summed E-state index contributed by atoms with van der Waals surface area (Å²) in [5, 5.41) is 3.24. The Balaban J connectivity index is 1.68. The number of ether oxygens (including phenoxy) is 2. The summed E-state index contributed by atoms with van der Waals surface area (Å²) in [6.07, 6.45) is 0.915. The molecule has 5 nitrogen and oxygen atoms in total. The fourth-order valence-corrected chi connectivity index (χ4v) is 4.57. The number of carbonyl (C=O) groups is 1. The Morgan fingerprint density at radius 2 is 1.62 bits per heavy atom. The van der Waals surface area contributed by atoms with Crippen LogP contribution in [0.3, 0.4) is 0 Å². The van der Waals surface area contributed by atoms with E-state index in [1.165, 1.54) is 16.7 Å². The number of carbonyl (C=O) groups excluding carboxylic acids is 1. The van der Waals surface area contributed by atoms with E-state index in [-0.39, 0.29) is 18.0 Å². The smallest absolute Gasteiger partial charge is 0.251 e. The van der Waals surface area contributed by atoms with Gasteiger partial charge in [0, 0.05) is 24.7 Å². The number of rotatable bonds is 7. The van der Waals surface area contributed by atoms with Gasteiger partial charge in [-0.05, 0) is 54.3 Å². The largest absolute Gasteiger partial charge is 0.493 e. The number of nitrogens with one attached hydrogen (secondary N) is 1. The molecule has 166 valence electrons. The van der Waals surface area contributed by atoms with E-state index < -0.39 is 0 Å². The molecule has 3 aromatic carbocycles. The maximum atomic E-state index is 12.9. The van der Waals surface area contributed by atoms with E-state index in [0.717, 1.165) is 25.3 Å². The van der Waals surface area contributed by atoms with Gasteiger partial charge in [0.2, 0.25) is 0 Å². The highest BCUT2D eigenvalue weighted by Gasteiger charge is 2.33. The van der Waals surface area contributed by atoms with Gasteiger partial charge in [0.15, 0.2) is 11.5 Å². The van der Waals surface area contributed by atoms with Crippen molar-refractivity contribution < 1.29 is 14.3 Å². The maximum Gasteiger partial charge on any atom is 0.251 e. The second-order valence-corrected chi connectivity index (χ2v) is 8.19. The molecular formula is C27H30N2O3. The molecule has 0 aromatic heterocycles. The lowest BCUT2D eigenvalue weighted by molar-refractivity contribution is 0.0877. The standard InChI is InChI=1S/C27H30N2O3/c1-19(28-27(30)21-12-8-5-9-13-21)26-23-17-25(32-3)24(31-2)16-22(23)14-15-29(26)18-20-10-6-4-7-11-20/h4-13,16-17,19,26H,14-15,18H2,1-3H3,(H,28,30)/t19-,26+/m1/s1. The van der Waals surface area contributed by atoms with Gasteiger partial charge in [0.25, 0.3) is 5.91 Å². The molecule has 0 spiro atoms. The Kier molecular flexibility index (Phi) is 6.76. The van der Waals surface area contributed by atoms with E-state index in [2.05, 4.69) is 53.5 Å². The van der Waals surface area contributed by atoms with Crippen LogP contribution in [0.25, 0.3) is 0 Å². The number of amides is 1. The molecular weight excluding hydrogens is 400 g/mol. The molecule has 0 unspecified atom stereocenters. The van der Waals surface area contributed by atoms with Gasteiger partial charge in [-0.25, -0.2) is 0 Å². The summed E-state index contributed by atoms with van der Waals surface area (Å²) in [4.78, 5) is 15.4. The molecule has 4 rings (SSSR count). The average Bonchev–Trinajstić information content (AvgIpc) is 2.84. The summed E-state index contributed by atoms with van der Waals surface area (Å²) in [5.41, 5.74) is 4.32. The minimum atomic E-state index is -0.108. The highest BCUT2D eigenvalue weighted by molar-refractivity contribution is 5.94. The van der Waals surface area contributed by atoms with Gasteiger partial charge >= 0.3 is 0 Å². The van der Waals surface area contributed by atoms with Crippen molar-refractivity contribution in [2.24, 2.45) is 0 Å². The summed E-state index contributed by atoms with van der Waals surface area (Å²) in [5.74, 6) is 1.38. The van der Waals surface area contributed by atoms with E-state index in [1.54, 1.807) is 14.2 Å². The third-order valence-corrected chi connectivity index (χ3v) is 6.12. The molecule has 0 saturated heterocycles. The van der Waals surface area contributed by atoms with Crippen molar-refractivity contribution in [3.63, 3.8) is 0 Å². The van der Waals surface area contributed by atoms with Crippen LogP contribution in [0, 0.1) is 0 Å². The fraction of sp³-hybridized carbons (Fsp3) is 0.296. The first kappa shape index (κ1) is 21.9. The number of hydrogen-bond donors (Lipinski definition) is 1. The van der Waals surface area contributed by atoms with Gasteiger partial charge in [-0.3, -0.25) is 9.69 Å². The summed E-state index contributed by atoms with van der Waals surface area (Å²) < 4.78 is 11.1. The quantitative estimate of drug-likeness (QED) is 0.594. The van der Waals surface area contributed by atoms with Gasteiger partial charge in [-0.1, -0.05) is 48.5 Å². The van der Waals surface area contributed by atoms with Crippen LogP contribution in [0.1, 0.15) is 40.0 Å². The lowest BCUT2D eigenvalue weighted by Crippen LogP contribution is -2.47. The van der Waals surface area contributed by atoms with Crippen molar-refractivity contribution >= 4 is 5.91 Å². The molecule has 0 saturated carbocycles. The summed E-state index contributed by atoms with van der Waals surface area (Å²) in [6.45, 7) is 3.79. The zero-order chi connectivity index (χ0) is 22.5. The van der Waals surface area contributed by atoms with Crippen molar-refractivity contribution in [1.82, 2.24) is 10.2 Å². The Morgan fingerprint density at radius 1 is 1.00 bits per heavy atom. The normalized spacial score (nSPS) is 16.7. The molecule has 0 fully saturated rings. The van der Waals surface area contributed by atoms with Gasteiger partial charge in [-0.15, -0.1) is 0 Å². The second kappa shape index (κ2) is 9.88. The van der Waals surface area contributed by atoms with Crippen molar-refractivity contribution in [3.8, 4) is 11.5 Å². The van der Waals surface area contributed by atoms with Crippen LogP contribution in [0.2, 0.25) is 0 Å². The molecule has 1 amide bonds. The molecule has 0 bridgehead atoms. The average molecular weight is 431 g/mol. The monoisotopic (exact) mass is 430 g/mol. The van der Waals surface area contributed by atoms with Crippen molar-refractivity contribution in [2.75, 3.05) is 20.8 Å². The van der Waals surface area contributed by atoms with Crippen molar-refractivity contribution in [1.29, 1.82) is 0 Å². The Bertz CT molecular complexity index is 1050. The molecule has 1 N–H and O–H groups in total. The minimum absolute atomic E-state index is 0.00595. The third kappa shape index (κ3) is 4.63. The van der Waals surface area contributed by atoms with E-state index in [4.69, 9.17) is 9.47 Å². The van der Waals surface area contributed by atoms with Crippen LogP contribution in [0.15, 0.2) is 72.8 Å². The lowest BCUT2D eigenvalue weighted by Gasteiger charge is -2.41. The second-order valence-electron chi connectivity index (χ2n) is 8.19. The van der Waals surface area contributed by atoms with E-state index in [1.807, 2.05) is 36.4 Å². The number of benzene rings is 3. The zero-order valence-electron chi connectivity index (χ0n) is 18.9. The van der Waals surface area contributed by atoms with Crippen LogP contribution < -0.4 is 14.8 Å². The predicted octanol–water partition coefficient (Wildman–Crippen LogP) is 4.62. The van der Waals surface area contributed by atoms with Gasteiger partial charge in [0.1, 0.15) is 0 Å². The number of nitrogens with zero attached hydrogens (tertiary/aromatic N) is 1. The molecule has 2 atom stereocenters. The van der Waals surface area contributed by atoms with Gasteiger partial charge in [0.05, 0.1) is 20.3 Å². The van der Waals surface area contributed by atoms with E-state index in [9.17, 15) is 4.79 Å². The highest BCUT2D eigenvalue weighted by atomic mass is 16.5. The van der Waals surface area contributed by atoms with Crippen molar-refractivity contribution in [2.45, 2.75) is 32.0 Å². The predicted molar refractivity (Wildman–Crippen MR) is 126 cm³/mol. The maximum absolute atomic E-state index is 12.9. The molecule has 3 aromatic rings. The first-order chi connectivity index (χ1) is 15.6. The fourth-order valence-electron chi connectivity index (χ4n) is 4.57. The SMILES string of the molecule is COc1cc2c(cc1OC)[C@H]([C@@H](C)NC(=O)c1ccccc1)N(Cc1ccccc1)CC2. The molecule has 1 aliphatic rings. The Morgan fingerprint density at radius 3 is 2.28 bits per heavy atom. The molecule has 32 heavy (non-hydrogen) atoms. The highest BCUT2D eigenvalue weighted by Crippen LogP contribution is 2.40. The summed E-state index contributed by atoms with van der Waals surface area (Å²) in [7, 11) is 3.32. The van der Waals surface area contributed by atoms with E-state index in [0.29, 0.717) is 11.3 Å². The zero-order valence-corrected chi connectivity index (χ0v) is 18.9. The number of methoxy groups -OCH3 is 2. The molecule has 0 aliphatic carbocycles. The van der Waals surface area contributed by atoms with Gasteiger partial charge in [-0.2, -0.15) is 0 Å².